The maximum atomic E-state index is 12.9. The van der Waals surface area contributed by atoms with Crippen LogP contribution in [0.15, 0.2) is 140 Å². The van der Waals surface area contributed by atoms with E-state index in [2.05, 4.69) is 131 Å². The van der Waals surface area contributed by atoms with Gasteiger partial charge in [-0.3, -0.25) is 4.79 Å². The Morgan fingerprint density at radius 2 is 1.26 bits per heavy atom. The molecule has 0 bridgehead atoms. The lowest BCUT2D eigenvalue weighted by Gasteiger charge is -2.36. The van der Waals surface area contributed by atoms with Gasteiger partial charge in [0.05, 0.1) is 12.3 Å². The third kappa shape index (κ3) is 11.5. The average molecular weight is 895 g/mol. The standard InChI is InChI=1S/C52H56ClN7O5/c1-2-3-31-48-54-50(53)47(39-64-49(61)32-19-8-6-4-5-7-9-22-37-65-60(62)63)58(48)38-40-33-35-41(36-34-40)45-29-20-21-30-46(45)51-55-56-57-59(51)52(42-23-13-10-14-24-42,43-25-15-11-16-26-43)44-27-17-12-18-28-44/h10-18,20-21,23-30,33-36H,2-9,19,22,31-32,37-39H2,1H3. The minimum Gasteiger partial charge on any atom is -0.459 e. The number of rotatable bonds is 25. The lowest BCUT2D eigenvalue weighted by Crippen LogP contribution is -2.39. The summed E-state index contributed by atoms with van der Waals surface area (Å²) in [7, 11) is 0. The molecule has 12 nitrogen and oxygen atoms in total. The molecule has 13 heteroatoms. The molecular weight excluding hydrogens is 838 g/mol. The molecular formula is C52H56ClN7O5. The summed E-state index contributed by atoms with van der Waals surface area (Å²) in [6.45, 7) is 2.87. The molecule has 7 aromatic rings. The Morgan fingerprint density at radius 1 is 0.708 bits per heavy atom. The van der Waals surface area contributed by atoms with Gasteiger partial charge in [-0.05, 0) is 63.1 Å². The quantitative estimate of drug-likeness (QED) is 0.0180. The lowest BCUT2D eigenvalue weighted by atomic mass is 9.77. The molecule has 0 N–H and O–H groups in total. The van der Waals surface area contributed by atoms with Gasteiger partial charge in [0, 0.05) is 24.9 Å². The third-order valence-electron chi connectivity index (χ3n) is 11.8. The van der Waals surface area contributed by atoms with Gasteiger partial charge in [-0.25, -0.2) is 9.67 Å². The number of imidazole rings is 1. The Labute approximate surface area is 385 Å². The van der Waals surface area contributed by atoms with Crippen LogP contribution in [0.5, 0.6) is 0 Å². The van der Waals surface area contributed by atoms with Crippen LogP contribution in [-0.4, -0.2) is 47.4 Å². The normalized spacial score (nSPS) is 11.4. The third-order valence-corrected chi connectivity index (χ3v) is 12.1. The molecule has 0 spiro atoms. The number of benzene rings is 5. The SMILES string of the molecule is CCCCc1nc(Cl)c(COC(=O)CCCCCCCCCCO[N+](=O)[O-])n1Cc1ccc(-c2ccccc2-c2nnnn2C(c2ccccc2)(c2ccccc2)c2ccccc2)cc1. The molecule has 336 valence electrons. The number of esters is 1. The average Bonchev–Trinajstić information content (AvgIpc) is 3.94. The summed E-state index contributed by atoms with van der Waals surface area (Å²) < 4.78 is 9.85. The molecule has 7 rings (SSSR count). The number of carbonyl (C=O) groups is 1. The number of tetrazole rings is 1. The molecule has 0 atom stereocenters. The van der Waals surface area contributed by atoms with Crippen molar-refractivity contribution in [3.8, 4) is 22.5 Å². The van der Waals surface area contributed by atoms with Gasteiger partial charge in [-0.2, -0.15) is 0 Å². The van der Waals surface area contributed by atoms with E-state index in [4.69, 9.17) is 31.6 Å². The molecule has 2 aromatic heterocycles. The monoisotopic (exact) mass is 893 g/mol. The van der Waals surface area contributed by atoms with E-state index in [1.165, 1.54) is 0 Å². The van der Waals surface area contributed by atoms with Crippen molar-refractivity contribution in [1.29, 1.82) is 0 Å². The fraction of sp³-hybridized carbons (Fsp3) is 0.327. The van der Waals surface area contributed by atoms with Crippen molar-refractivity contribution in [2.45, 2.75) is 103 Å². The Hall–Kier alpha value is -6.66. The number of hydrogen-bond acceptors (Lipinski definition) is 9. The summed E-state index contributed by atoms with van der Waals surface area (Å²) in [6.07, 6.45) is 10.5. The van der Waals surface area contributed by atoms with Gasteiger partial charge in [-0.1, -0.05) is 203 Å². The second kappa shape index (κ2) is 23.3. The molecule has 2 heterocycles. The molecule has 0 radical (unpaired) electrons. The first-order chi connectivity index (χ1) is 31.9. The van der Waals surface area contributed by atoms with Crippen LogP contribution in [0.3, 0.4) is 0 Å². The largest absolute Gasteiger partial charge is 0.459 e. The molecule has 0 aliphatic carbocycles. The van der Waals surface area contributed by atoms with Crippen molar-refractivity contribution < 1.29 is 19.5 Å². The van der Waals surface area contributed by atoms with Crippen LogP contribution in [-0.2, 0) is 39.5 Å². The minimum absolute atomic E-state index is 0.0492. The van der Waals surface area contributed by atoms with Gasteiger partial charge >= 0.3 is 5.97 Å². The van der Waals surface area contributed by atoms with E-state index >= 15 is 0 Å². The molecule has 0 aliphatic heterocycles. The maximum Gasteiger partial charge on any atom is 0.306 e. The highest BCUT2D eigenvalue weighted by Gasteiger charge is 2.42. The van der Waals surface area contributed by atoms with Crippen molar-refractivity contribution in [2.24, 2.45) is 0 Å². The maximum absolute atomic E-state index is 12.9. The van der Waals surface area contributed by atoms with Crippen LogP contribution >= 0.6 is 11.6 Å². The van der Waals surface area contributed by atoms with Crippen molar-refractivity contribution >= 4 is 17.6 Å². The number of carbonyl (C=O) groups excluding carboxylic acids is 1. The molecule has 0 unspecified atom stereocenters. The highest BCUT2D eigenvalue weighted by atomic mass is 35.5. The number of halogens is 1. The molecule has 0 saturated carbocycles. The molecule has 5 aromatic carbocycles. The predicted molar refractivity (Wildman–Crippen MR) is 253 cm³/mol. The van der Waals surface area contributed by atoms with Gasteiger partial charge in [0.2, 0.25) is 0 Å². The van der Waals surface area contributed by atoms with E-state index in [0.29, 0.717) is 36.1 Å². The number of aromatic nitrogens is 6. The fourth-order valence-electron chi connectivity index (χ4n) is 8.54. The van der Waals surface area contributed by atoms with E-state index in [1.807, 2.05) is 35.0 Å². The van der Waals surface area contributed by atoms with Crippen molar-refractivity contribution in [3.05, 3.63) is 189 Å². The highest BCUT2D eigenvalue weighted by molar-refractivity contribution is 6.30. The summed E-state index contributed by atoms with van der Waals surface area (Å²) in [5.41, 5.74) is 6.81. The van der Waals surface area contributed by atoms with Gasteiger partial charge in [-0.15, -0.1) is 15.2 Å². The Kier molecular flexibility index (Phi) is 16.6. The molecule has 65 heavy (non-hydrogen) atoms. The second-order valence-electron chi connectivity index (χ2n) is 16.2. The topological polar surface area (TPSA) is 140 Å². The van der Waals surface area contributed by atoms with Crippen molar-refractivity contribution in [3.63, 3.8) is 0 Å². The molecule has 0 amide bonds. The number of ether oxygens (including phenoxy) is 1. The highest BCUT2D eigenvalue weighted by Crippen LogP contribution is 2.43. The Morgan fingerprint density at radius 3 is 1.85 bits per heavy atom. The van der Waals surface area contributed by atoms with E-state index in [0.717, 1.165) is 109 Å². The summed E-state index contributed by atoms with van der Waals surface area (Å²) in [6, 6.07) is 47.9. The van der Waals surface area contributed by atoms with E-state index < -0.39 is 10.6 Å². The Bertz CT molecular complexity index is 2470. The van der Waals surface area contributed by atoms with Crippen LogP contribution in [0.1, 0.15) is 111 Å². The first kappa shape index (κ1) is 46.3. The van der Waals surface area contributed by atoms with E-state index in [1.54, 1.807) is 0 Å². The van der Waals surface area contributed by atoms with Crippen molar-refractivity contribution in [1.82, 2.24) is 29.8 Å². The van der Waals surface area contributed by atoms with Gasteiger partial charge < -0.3 is 14.1 Å². The van der Waals surface area contributed by atoms with Crippen LogP contribution in [0.25, 0.3) is 22.5 Å². The number of hydrogen-bond donors (Lipinski definition) is 0. The lowest BCUT2D eigenvalue weighted by molar-refractivity contribution is -0.757. The number of aryl methyl sites for hydroxylation is 1. The number of nitrogens with zero attached hydrogens (tertiary/aromatic N) is 7. The summed E-state index contributed by atoms with van der Waals surface area (Å²) in [5, 5.41) is 23.7. The van der Waals surface area contributed by atoms with Gasteiger partial charge in [0.1, 0.15) is 18.0 Å². The fourth-order valence-corrected chi connectivity index (χ4v) is 8.79. The molecule has 0 fully saturated rings. The summed E-state index contributed by atoms with van der Waals surface area (Å²) >= 11 is 6.76. The predicted octanol–water partition coefficient (Wildman–Crippen LogP) is 11.9. The van der Waals surface area contributed by atoms with Gasteiger partial charge in [0.25, 0.3) is 5.09 Å². The van der Waals surface area contributed by atoms with Gasteiger partial charge in [0.15, 0.2) is 11.0 Å². The zero-order valence-corrected chi connectivity index (χ0v) is 37.7. The first-order valence-corrected chi connectivity index (χ1v) is 23.1. The van der Waals surface area contributed by atoms with Crippen LogP contribution in [0.2, 0.25) is 5.15 Å². The van der Waals surface area contributed by atoms with Crippen LogP contribution in [0.4, 0.5) is 0 Å². The molecule has 0 aliphatic rings. The zero-order chi connectivity index (χ0) is 45.3. The zero-order valence-electron chi connectivity index (χ0n) is 36.9. The smallest absolute Gasteiger partial charge is 0.306 e. The van der Waals surface area contributed by atoms with Crippen LogP contribution in [0, 0.1) is 10.1 Å². The number of unbranched alkanes of at least 4 members (excludes halogenated alkanes) is 8. The van der Waals surface area contributed by atoms with E-state index in [9.17, 15) is 14.9 Å². The van der Waals surface area contributed by atoms with Crippen molar-refractivity contribution in [2.75, 3.05) is 6.61 Å². The summed E-state index contributed by atoms with van der Waals surface area (Å²) in [4.78, 5) is 32.2. The first-order valence-electron chi connectivity index (χ1n) is 22.7. The van der Waals surface area contributed by atoms with E-state index in [-0.39, 0.29) is 19.2 Å². The molecule has 0 saturated heterocycles. The minimum atomic E-state index is -0.893. The summed E-state index contributed by atoms with van der Waals surface area (Å²) in [5.74, 6) is 1.24. The van der Waals surface area contributed by atoms with Crippen LogP contribution < -0.4 is 0 Å². The Balaban J connectivity index is 1.08. The second-order valence-corrected chi connectivity index (χ2v) is 16.6.